The Bertz CT molecular complexity index is 503. The lowest BCUT2D eigenvalue weighted by Gasteiger charge is -2.36. The molecule has 1 amide bonds. The molecule has 0 aromatic heterocycles. The molecular formula is C17H24N2O2. The SMILES string of the molecule is O=C(CN1CCCCC1CO)N1CCCc2ccccc21. The molecule has 4 nitrogen and oxygen atoms in total. The summed E-state index contributed by atoms with van der Waals surface area (Å²) in [5.41, 5.74) is 2.35. The smallest absolute Gasteiger partial charge is 0.241 e. The molecule has 114 valence electrons. The molecule has 4 heteroatoms. The topological polar surface area (TPSA) is 43.8 Å². The molecule has 3 rings (SSSR count). The van der Waals surface area contributed by atoms with E-state index in [1.807, 2.05) is 23.1 Å². The number of rotatable bonds is 3. The Kier molecular flexibility index (Phi) is 4.56. The molecule has 1 N–H and O–H groups in total. The third kappa shape index (κ3) is 3.11. The number of para-hydroxylation sites is 1. The minimum Gasteiger partial charge on any atom is -0.395 e. The molecule has 21 heavy (non-hydrogen) atoms. The molecule has 1 fully saturated rings. The molecule has 2 aliphatic rings. The Hall–Kier alpha value is -1.39. The van der Waals surface area contributed by atoms with Crippen molar-refractivity contribution in [3.63, 3.8) is 0 Å². The highest BCUT2D eigenvalue weighted by Crippen LogP contribution is 2.27. The molecule has 0 saturated carbocycles. The van der Waals surface area contributed by atoms with Crippen molar-refractivity contribution in [2.45, 2.75) is 38.1 Å². The summed E-state index contributed by atoms with van der Waals surface area (Å²) in [6.07, 6.45) is 5.37. The van der Waals surface area contributed by atoms with Crippen molar-refractivity contribution >= 4 is 11.6 Å². The number of aliphatic hydroxyl groups excluding tert-OH is 1. The van der Waals surface area contributed by atoms with Crippen LogP contribution < -0.4 is 4.90 Å². The van der Waals surface area contributed by atoms with Gasteiger partial charge in [-0.1, -0.05) is 24.6 Å². The van der Waals surface area contributed by atoms with Crippen molar-refractivity contribution in [1.29, 1.82) is 0 Å². The van der Waals surface area contributed by atoms with Crippen LogP contribution in [0.2, 0.25) is 0 Å². The van der Waals surface area contributed by atoms with Gasteiger partial charge < -0.3 is 10.0 Å². The van der Waals surface area contributed by atoms with E-state index in [0.717, 1.165) is 50.9 Å². The summed E-state index contributed by atoms with van der Waals surface area (Å²) < 4.78 is 0. The summed E-state index contributed by atoms with van der Waals surface area (Å²) in [6, 6.07) is 8.36. The molecular weight excluding hydrogens is 264 g/mol. The van der Waals surface area contributed by atoms with Gasteiger partial charge in [-0.25, -0.2) is 0 Å². The molecule has 0 radical (unpaired) electrons. The Morgan fingerprint density at radius 1 is 1.19 bits per heavy atom. The number of anilines is 1. The summed E-state index contributed by atoms with van der Waals surface area (Å²) in [7, 11) is 0. The van der Waals surface area contributed by atoms with Gasteiger partial charge in [-0.15, -0.1) is 0 Å². The molecule has 0 aliphatic carbocycles. The van der Waals surface area contributed by atoms with Crippen LogP contribution in [0.5, 0.6) is 0 Å². The Morgan fingerprint density at radius 3 is 2.90 bits per heavy atom. The van der Waals surface area contributed by atoms with E-state index in [9.17, 15) is 9.90 Å². The van der Waals surface area contributed by atoms with Gasteiger partial charge in [0.05, 0.1) is 13.2 Å². The zero-order chi connectivity index (χ0) is 14.7. The van der Waals surface area contributed by atoms with E-state index in [4.69, 9.17) is 0 Å². The maximum atomic E-state index is 12.7. The van der Waals surface area contributed by atoms with Crippen LogP contribution in [0.25, 0.3) is 0 Å². The molecule has 2 heterocycles. The van der Waals surface area contributed by atoms with Crippen LogP contribution in [-0.2, 0) is 11.2 Å². The molecule has 0 spiro atoms. The van der Waals surface area contributed by atoms with Gasteiger partial charge in [0.1, 0.15) is 0 Å². The first-order chi connectivity index (χ1) is 10.3. The van der Waals surface area contributed by atoms with Crippen LogP contribution in [0.3, 0.4) is 0 Å². The van der Waals surface area contributed by atoms with E-state index >= 15 is 0 Å². The lowest BCUT2D eigenvalue weighted by Crippen LogP contribution is -2.49. The Labute approximate surface area is 126 Å². The standard InChI is InChI=1S/C17H24N2O2/c20-13-15-8-3-4-10-18(15)12-17(21)19-11-5-7-14-6-1-2-9-16(14)19/h1-2,6,9,15,20H,3-5,7-8,10-13H2. The molecule has 1 unspecified atom stereocenters. The number of amides is 1. The molecule has 2 aliphatic heterocycles. The summed E-state index contributed by atoms with van der Waals surface area (Å²) in [6.45, 7) is 2.32. The fraction of sp³-hybridized carbons (Fsp3) is 0.588. The van der Waals surface area contributed by atoms with Gasteiger partial charge in [0.25, 0.3) is 0 Å². The van der Waals surface area contributed by atoms with Crippen molar-refractivity contribution in [3.8, 4) is 0 Å². The van der Waals surface area contributed by atoms with Crippen LogP contribution in [0, 0.1) is 0 Å². The second-order valence-electron chi connectivity index (χ2n) is 6.08. The number of piperidine rings is 1. The predicted molar refractivity (Wildman–Crippen MR) is 83.4 cm³/mol. The van der Waals surface area contributed by atoms with E-state index in [1.165, 1.54) is 5.56 Å². The molecule has 1 aromatic rings. The fourth-order valence-electron chi connectivity index (χ4n) is 3.53. The van der Waals surface area contributed by atoms with E-state index in [-0.39, 0.29) is 18.6 Å². The van der Waals surface area contributed by atoms with E-state index in [1.54, 1.807) is 0 Å². The molecule has 0 bridgehead atoms. The maximum absolute atomic E-state index is 12.7. The number of nitrogens with zero attached hydrogens (tertiary/aromatic N) is 2. The van der Waals surface area contributed by atoms with Gasteiger partial charge in [-0.2, -0.15) is 0 Å². The van der Waals surface area contributed by atoms with Crippen LogP contribution in [0.1, 0.15) is 31.2 Å². The number of benzene rings is 1. The number of hydrogen-bond donors (Lipinski definition) is 1. The second-order valence-corrected chi connectivity index (χ2v) is 6.08. The normalized spacial score (nSPS) is 22.9. The molecule has 1 saturated heterocycles. The van der Waals surface area contributed by atoms with Crippen LogP contribution >= 0.6 is 0 Å². The number of carbonyl (C=O) groups excluding carboxylic acids is 1. The van der Waals surface area contributed by atoms with Crippen LogP contribution in [0.4, 0.5) is 5.69 Å². The minimum atomic E-state index is 0.155. The van der Waals surface area contributed by atoms with Crippen LogP contribution in [0.15, 0.2) is 24.3 Å². The number of aryl methyl sites for hydroxylation is 1. The van der Waals surface area contributed by atoms with Gasteiger partial charge in [0.15, 0.2) is 0 Å². The predicted octanol–water partition coefficient (Wildman–Crippen LogP) is 1.81. The third-order valence-corrected chi connectivity index (χ3v) is 4.71. The highest BCUT2D eigenvalue weighted by atomic mass is 16.3. The number of aliphatic hydroxyl groups is 1. The monoisotopic (exact) mass is 288 g/mol. The highest BCUT2D eigenvalue weighted by Gasteiger charge is 2.28. The molecule has 1 atom stereocenters. The summed E-state index contributed by atoms with van der Waals surface area (Å²) in [4.78, 5) is 16.8. The number of fused-ring (bicyclic) bond motifs is 1. The Morgan fingerprint density at radius 2 is 2.05 bits per heavy atom. The van der Waals surface area contributed by atoms with Crippen molar-refractivity contribution in [1.82, 2.24) is 4.90 Å². The first-order valence-electron chi connectivity index (χ1n) is 8.03. The summed E-state index contributed by atoms with van der Waals surface area (Å²) in [5.74, 6) is 0.169. The fourth-order valence-corrected chi connectivity index (χ4v) is 3.53. The van der Waals surface area contributed by atoms with E-state index in [0.29, 0.717) is 6.54 Å². The van der Waals surface area contributed by atoms with Crippen molar-refractivity contribution in [2.24, 2.45) is 0 Å². The van der Waals surface area contributed by atoms with E-state index in [2.05, 4.69) is 11.0 Å². The van der Waals surface area contributed by atoms with Gasteiger partial charge in [0.2, 0.25) is 5.91 Å². The van der Waals surface area contributed by atoms with E-state index < -0.39 is 0 Å². The minimum absolute atomic E-state index is 0.155. The lowest BCUT2D eigenvalue weighted by molar-refractivity contribution is -0.121. The number of hydrogen-bond acceptors (Lipinski definition) is 3. The zero-order valence-corrected chi connectivity index (χ0v) is 12.5. The second kappa shape index (κ2) is 6.58. The maximum Gasteiger partial charge on any atom is 0.241 e. The molecule has 1 aromatic carbocycles. The van der Waals surface area contributed by atoms with Crippen molar-refractivity contribution in [3.05, 3.63) is 29.8 Å². The van der Waals surface area contributed by atoms with Gasteiger partial charge in [-0.3, -0.25) is 9.69 Å². The first-order valence-corrected chi connectivity index (χ1v) is 8.03. The number of likely N-dealkylation sites (tertiary alicyclic amines) is 1. The summed E-state index contributed by atoms with van der Waals surface area (Å²) in [5, 5.41) is 9.48. The zero-order valence-electron chi connectivity index (χ0n) is 12.5. The van der Waals surface area contributed by atoms with Crippen LogP contribution in [-0.4, -0.2) is 48.2 Å². The lowest BCUT2D eigenvalue weighted by atomic mass is 10.0. The first kappa shape index (κ1) is 14.5. The number of carbonyl (C=O) groups is 1. The third-order valence-electron chi connectivity index (χ3n) is 4.71. The van der Waals surface area contributed by atoms with Crippen molar-refractivity contribution < 1.29 is 9.90 Å². The van der Waals surface area contributed by atoms with Gasteiger partial charge in [-0.05, 0) is 43.9 Å². The average molecular weight is 288 g/mol. The van der Waals surface area contributed by atoms with Gasteiger partial charge in [0, 0.05) is 18.3 Å². The Balaban J connectivity index is 1.71. The highest BCUT2D eigenvalue weighted by molar-refractivity contribution is 5.96. The summed E-state index contributed by atoms with van der Waals surface area (Å²) >= 11 is 0. The quantitative estimate of drug-likeness (QED) is 0.922. The largest absolute Gasteiger partial charge is 0.395 e. The van der Waals surface area contributed by atoms with Gasteiger partial charge >= 0.3 is 0 Å². The van der Waals surface area contributed by atoms with Crippen molar-refractivity contribution in [2.75, 3.05) is 31.1 Å². The average Bonchev–Trinajstić information content (AvgIpc) is 2.54.